The van der Waals surface area contributed by atoms with Crippen LogP contribution in [0.3, 0.4) is 0 Å². The third kappa shape index (κ3) is 7.99. The number of hydrogen-bond donors (Lipinski definition) is 1. The summed E-state index contributed by atoms with van der Waals surface area (Å²) in [6.07, 6.45) is 7.21. The number of aromatic nitrogens is 1. The number of hydrogen-bond acceptors (Lipinski definition) is 9. The second-order valence-electron chi connectivity index (χ2n) is 11.1. The van der Waals surface area contributed by atoms with Gasteiger partial charge in [-0.2, -0.15) is 0 Å². The fourth-order valence-corrected chi connectivity index (χ4v) is 5.61. The number of aryl methyl sites for hydroxylation is 1. The quantitative estimate of drug-likeness (QED) is 0.163. The molecule has 1 unspecified atom stereocenters. The first-order chi connectivity index (χ1) is 22.4. The maximum absolute atomic E-state index is 13.0. The molecule has 0 aliphatic heterocycles. The summed E-state index contributed by atoms with van der Waals surface area (Å²) in [5.41, 5.74) is 2.49. The SMILES string of the molecule is COC(=O)C(Cc1ccc(Oc2ccnc3cc(OC)c(OC)cc23)cc1)NC(=O)CCc1ccc(OC)c(OC2CCCC2)c1. The molecule has 10 nitrogen and oxygen atoms in total. The number of esters is 1. The molecule has 0 bridgehead atoms. The molecule has 10 heteroatoms. The van der Waals surface area contributed by atoms with E-state index in [1.54, 1.807) is 39.7 Å². The van der Waals surface area contributed by atoms with Crippen LogP contribution < -0.4 is 29.0 Å². The predicted molar refractivity (Wildman–Crippen MR) is 173 cm³/mol. The van der Waals surface area contributed by atoms with Crippen LogP contribution in [0, 0.1) is 0 Å². The van der Waals surface area contributed by atoms with Gasteiger partial charge in [-0.05, 0) is 79.6 Å². The van der Waals surface area contributed by atoms with Crippen molar-refractivity contribution in [3.8, 4) is 34.5 Å². The first kappa shape index (κ1) is 32.4. The summed E-state index contributed by atoms with van der Waals surface area (Å²) in [7, 11) is 6.08. The van der Waals surface area contributed by atoms with Crippen LogP contribution >= 0.6 is 0 Å². The first-order valence-electron chi connectivity index (χ1n) is 15.4. The van der Waals surface area contributed by atoms with Crippen molar-refractivity contribution in [2.75, 3.05) is 28.4 Å². The molecule has 0 radical (unpaired) electrons. The van der Waals surface area contributed by atoms with Crippen molar-refractivity contribution in [3.05, 3.63) is 78.0 Å². The van der Waals surface area contributed by atoms with Gasteiger partial charge in [0.1, 0.15) is 17.5 Å². The topological polar surface area (TPSA) is 114 Å². The number of carbonyl (C=O) groups excluding carboxylic acids is 2. The van der Waals surface area contributed by atoms with Crippen molar-refractivity contribution >= 4 is 22.8 Å². The van der Waals surface area contributed by atoms with Gasteiger partial charge in [0.2, 0.25) is 5.91 Å². The van der Waals surface area contributed by atoms with Crippen LogP contribution in [-0.4, -0.2) is 57.4 Å². The van der Waals surface area contributed by atoms with Gasteiger partial charge >= 0.3 is 5.97 Å². The van der Waals surface area contributed by atoms with E-state index >= 15 is 0 Å². The lowest BCUT2D eigenvalue weighted by Crippen LogP contribution is -2.43. The fraction of sp³-hybridized carbons (Fsp3) is 0.361. The zero-order valence-electron chi connectivity index (χ0n) is 26.7. The molecule has 1 saturated carbocycles. The summed E-state index contributed by atoms with van der Waals surface area (Å²) in [6, 6.07) is 17.6. The number of rotatable bonds is 14. The number of amides is 1. The molecule has 0 saturated heterocycles. The lowest BCUT2D eigenvalue weighted by Gasteiger charge is -2.18. The molecule has 1 atom stereocenters. The normalized spacial score (nSPS) is 13.6. The number of fused-ring (bicyclic) bond motifs is 1. The summed E-state index contributed by atoms with van der Waals surface area (Å²) in [5, 5.41) is 3.62. The molecule has 1 aliphatic rings. The second kappa shape index (κ2) is 15.3. The first-order valence-corrected chi connectivity index (χ1v) is 15.4. The van der Waals surface area contributed by atoms with Gasteiger partial charge in [-0.1, -0.05) is 18.2 Å². The fourth-order valence-electron chi connectivity index (χ4n) is 5.61. The standard InChI is InChI=1S/C36H40N2O8/c1-41-31-15-11-24(20-34(31)46-25-7-5-6-8-25)12-16-35(39)38-29(36(40)44-4)19-23-9-13-26(14-10-23)45-30-17-18-37-28-22-33(43-3)32(42-2)21-27(28)30/h9-11,13-15,17-18,20-22,25,29H,5-8,12,16,19H2,1-4H3,(H,38,39). The molecule has 1 aromatic heterocycles. The number of nitrogens with one attached hydrogen (secondary N) is 1. The minimum absolute atomic E-state index is 0.193. The molecule has 1 amide bonds. The van der Waals surface area contributed by atoms with Gasteiger partial charge in [0.15, 0.2) is 23.0 Å². The summed E-state index contributed by atoms with van der Waals surface area (Å²) < 4.78 is 33.7. The molecular formula is C36H40N2O8. The molecule has 1 aliphatic carbocycles. The lowest BCUT2D eigenvalue weighted by molar-refractivity contribution is -0.145. The number of methoxy groups -OCH3 is 4. The average Bonchev–Trinajstić information content (AvgIpc) is 3.60. The Hall–Kier alpha value is -4.99. The molecule has 4 aromatic rings. The minimum atomic E-state index is -0.840. The molecule has 242 valence electrons. The number of benzene rings is 3. The maximum atomic E-state index is 13.0. The van der Waals surface area contributed by atoms with E-state index in [2.05, 4.69) is 10.3 Å². The molecule has 3 aromatic carbocycles. The van der Waals surface area contributed by atoms with Crippen molar-refractivity contribution in [1.82, 2.24) is 10.3 Å². The predicted octanol–water partition coefficient (Wildman–Crippen LogP) is 6.21. The second-order valence-corrected chi connectivity index (χ2v) is 11.1. The Morgan fingerprint density at radius 2 is 1.50 bits per heavy atom. The van der Waals surface area contributed by atoms with Gasteiger partial charge in [-0.15, -0.1) is 0 Å². The van der Waals surface area contributed by atoms with Gasteiger partial charge in [0.25, 0.3) is 0 Å². The van der Waals surface area contributed by atoms with E-state index in [0.717, 1.165) is 29.4 Å². The van der Waals surface area contributed by atoms with E-state index in [1.807, 2.05) is 48.5 Å². The van der Waals surface area contributed by atoms with Crippen molar-refractivity contribution in [2.45, 2.75) is 57.1 Å². The van der Waals surface area contributed by atoms with E-state index in [0.29, 0.717) is 46.4 Å². The minimum Gasteiger partial charge on any atom is -0.493 e. The maximum Gasteiger partial charge on any atom is 0.328 e. The summed E-state index contributed by atoms with van der Waals surface area (Å²) in [4.78, 5) is 30.0. The Kier molecular flexibility index (Phi) is 10.8. The number of pyridine rings is 1. The molecule has 5 rings (SSSR count). The van der Waals surface area contributed by atoms with Crippen LogP contribution in [-0.2, 0) is 27.2 Å². The number of nitrogens with zero attached hydrogens (tertiary/aromatic N) is 1. The highest BCUT2D eigenvalue weighted by Crippen LogP contribution is 2.37. The van der Waals surface area contributed by atoms with E-state index in [1.165, 1.54) is 20.0 Å². The van der Waals surface area contributed by atoms with Crippen molar-refractivity contribution < 1.29 is 38.0 Å². The summed E-state index contributed by atoms with van der Waals surface area (Å²) in [5.74, 6) is 2.96. The van der Waals surface area contributed by atoms with Gasteiger partial charge in [-0.3, -0.25) is 9.78 Å². The van der Waals surface area contributed by atoms with Gasteiger partial charge in [-0.25, -0.2) is 4.79 Å². The third-order valence-electron chi connectivity index (χ3n) is 8.08. The van der Waals surface area contributed by atoms with Crippen molar-refractivity contribution in [2.24, 2.45) is 0 Å². The number of carbonyl (C=O) groups is 2. The Morgan fingerprint density at radius 1 is 0.804 bits per heavy atom. The zero-order chi connectivity index (χ0) is 32.5. The van der Waals surface area contributed by atoms with Crippen molar-refractivity contribution in [3.63, 3.8) is 0 Å². The Labute approximate surface area is 268 Å². The average molecular weight is 629 g/mol. The largest absolute Gasteiger partial charge is 0.493 e. The van der Waals surface area contributed by atoms with Gasteiger partial charge in [0.05, 0.1) is 40.1 Å². The molecule has 46 heavy (non-hydrogen) atoms. The van der Waals surface area contributed by atoms with Gasteiger partial charge < -0.3 is 33.7 Å². The molecular weight excluding hydrogens is 588 g/mol. The molecule has 1 fully saturated rings. The lowest BCUT2D eigenvalue weighted by atomic mass is 10.0. The third-order valence-corrected chi connectivity index (χ3v) is 8.08. The van der Waals surface area contributed by atoms with E-state index in [9.17, 15) is 9.59 Å². The van der Waals surface area contributed by atoms with Crippen LogP contribution in [0.1, 0.15) is 43.2 Å². The van der Waals surface area contributed by atoms with E-state index in [-0.39, 0.29) is 24.9 Å². The van der Waals surface area contributed by atoms with Crippen LogP contribution in [0.4, 0.5) is 0 Å². The zero-order valence-corrected chi connectivity index (χ0v) is 26.7. The van der Waals surface area contributed by atoms with Crippen LogP contribution in [0.25, 0.3) is 10.9 Å². The highest BCUT2D eigenvalue weighted by molar-refractivity contribution is 5.88. The Balaban J connectivity index is 1.20. The van der Waals surface area contributed by atoms with Gasteiger partial charge in [0, 0.05) is 30.5 Å². The van der Waals surface area contributed by atoms with E-state index in [4.69, 9.17) is 28.4 Å². The smallest absolute Gasteiger partial charge is 0.328 e. The van der Waals surface area contributed by atoms with Crippen molar-refractivity contribution in [1.29, 1.82) is 0 Å². The highest BCUT2D eigenvalue weighted by atomic mass is 16.5. The van der Waals surface area contributed by atoms with E-state index < -0.39 is 12.0 Å². The number of ether oxygens (including phenoxy) is 6. The molecule has 1 N–H and O–H groups in total. The molecule has 1 heterocycles. The monoisotopic (exact) mass is 628 g/mol. The molecule has 0 spiro atoms. The summed E-state index contributed by atoms with van der Waals surface area (Å²) >= 11 is 0. The Morgan fingerprint density at radius 3 is 2.20 bits per heavy atom. The Bertz CT molecular complexity index is 1650. The van der Waals surface area contributed by atoms with Crippen LogP contribution in [0.5, 0.6) is 34.5 Å². The van der Waals surface area contributed by atoms with Crippen LogP contribution in [0.2, 0.25) is 0 Å². The highest BCUT2D eigenvalue weighted by Gasteiger charge is 2.23. The summed E-state index contributed by atoms with van der Waals surface area (Å²) in [6.45, 7) is 0. The van der Waals surface area contributed by atoms with Crippen LogP contribution in [0.15, 0.2) is 66.9 Å².